The molecule has 0 spiro atoms. The van der Waals surface area contributed by atoms with E-state index in [1.807, 2.05) is 42.9 Å². The molecule has 0 saturated carbocycles. The highest BCUT2D eigenvalue weighted by molar-refractivity contribution is 5.79. The largest absolute Gasteiger partial charge is 0.341 e. The third kappa shape index (κ3) is 3.57. The number of amides is 1. The van der Waals surface area contributed by atoms with Gasteiger partial charge in [0.15, 0.2) is 0 Å². The second-order valence-electron chi connectivity index (χ2n) is 7.78. The minimum atomic E-state index is 0.257. The summed E-state index contributed by atoms with van der Waals surface area (Å²) in [5, 5.41) is 0. The molecule has 4 rings (SSSR count). The summed E-state index contributed by atoms with van der Waals surface area (Å²) in [6.45, 7) is 5.76. The number of rotatable bonds is 6. The predicted octanol–water partition coefficient (Wildman–Crippen LogP) is 3.42. The van der Waals surface area contributed by atoms with Crippen LogP contribution in [0.2, 0.25) is 0 Å². The maximum atomic E-state index is 12.0. The summed E-state index contributed by atoms with van der Waals surface area (Å²) >= 11 is 0. The van der Waals surface area contributed by atoms with Crippen LogP contribution in [0.3, 0.4) is 0 Å². The van der Waals surface area contributed by atoms with Crippen molar-refractivity contribution in [2.24, 2.45) is 7.05 Å². The molecule has 0 aliphatic carbocycles. The number of imidazole rings is 1. The number of pyridine rings is 2. The lowest BCUT2D eigenvalue weighted by Crippen LogP contribution is -2.48. The summed E-state index contributed by atoms with van der Waals surface area (Å²) in [4.78, 5) is 29.7. The van der Waals surface area contributed by atoms with Crippen molar-refractivity contribution in [3.05, 3.63) is 42.1 Å². The number of aromatic nitrogens is 4. The van der Waals surface area contributed by atoms with Crippen LogP contribution in [0.15, 0.2) is 30.9 Å². The van der Waals surface area contributed by atoms with Gasteiger partial charge in [-0.1, -0.05) is 13.8 Å². The van der Waals surface area contributed by atoms with Crippen LogP contribution in [0.5, 0.6) is 0 Å². The fraction of sp³-hybridized carbons (Fsp3) is 0.455. The van der Waals surface area contributed by atoms with Crippen LogP contribution in [0.4, 0.5) is 11.5 Å². The number of carbonyl (C=O) groups is 1. The van der Waals surface area contributed by atoms with Crippen LogP contribution in [0, 0.1) is 0 Å². The van der Waals surface area contributed by atoms with E-state index in [9.17, 15) is 4.79 Å². The van der Waals surface area contributed by atoms with Crippen molar-refractivity contribution < 1.29 is 4.79 Å². The molecule has 0 N–H and O–H groups in total. The summed E-state index contributed by atoms with van der Waals surface area (Å²) in [5.41, 5.74) is 5.32. The molecule has 0 unspecified atom stereocenters. The molecule has 1 fully saturated rings. The van der Waals surface area contributed by atoms with Gasteiger partial charge in [0.2, 0.25) is 5.91 Å². The number of carbonyl (C=O) groups excluding carboxylic acids is 1. The van der Waals surface area contributed by atoms with Crippen LogP contribution < -0.4 is 4.90 Å². The number of aryl methyl sites for hydroxylation is 2. The van der Waals surface area contributed by atoms with E-state index in [-0.39, 0.29) is 5.91 Å². The van der Waals surface area contributed by atoms with Gasteiger partial charge in [-0.3, -0.25) is 9.78 Å². The number of likely N-dealkylation sites (tertiary alicyclic amines) is 1. The molecule has 152 valence electrons. The van der Waals surface area contributed by atoms with E-state index in [1.165, 1.54) is 5.56 Å². The molecule has 29 heavy (non-hydrogen) atoms. The zero-order valence-corrected chi connectivity index (χ0v) is 17.6. The molecule has 4 heterocycles. The van der Waals surface area contributed by atoms with Crippen LogP contribution >= 0.6 is 0 Å². The highest BCUT2D eigenvalue weighted by Gasteiger charge is 2.32. The fourth-order valence-corrected chi connectivity index (χ4v) is 3.88. The lowest BCUT2D eigenvalue weighted by Gasteiger charge is -2.39. The first-order valence-corrected chi connectivity index (χ1v) is 10.3. The number of fused-ring (bicyclic) bond motifs is 1. The Bertz CT molecular complexity index is 1040. The fourth-order valence-electron chi connectivity index (χ4n) is 3.88. The van der Waals surface area contributed by atoms with Crippen LogP contribution in [-0.2, 0) is 18.3 Å². The third-order valence-corrected chi connectivity index (χ3v) is 5.79. The molecule has 0 radical (unpaired) electrons. The minimum absolute atomic E-state index is 0.257. The van der Waals surface area contributed by atoms with Gasteiger partial charge in [-0.05, 0) is 24.5 Å². The number of nitrogens with zero attached hydrogens (tertiary/aromatic N) is 6. The average molecular weight is 393 g/mol. The van der Waals surface area contributed by atoms with Crippen LogP contribution in [0.1, 0.15) is 43.9 Å². The van der Waals surface area contributed by atoms with Crippen molar-refractivity contribution in [3.63, 3.8) is 0 Å². The van der Waals surface area contributed by atoms with Gasteiger partial charge in [0.05, 0.1) is 29.9 Å². The Balaban J connectivity index is 1.55. The van der Waals surface area contributed by atoms with Gasteiger partial charge in [0.1, 0.15) is 11.3 Å². The highest BCUT2D eigenvalue weighted by atomic mass is 16.2. The monoisotopic (exact) mass is 392 g/mol. The van der Waals surface area contributed by atoms with Crippen LogP contribution in [-0.4, -0.2) is 50.5 Å². The molecule has 0 bridgehead atoms. The Morgan fingerprint density at radius 2 is 1.97 bits per heavy atom. The second-order valence-corrected chi connectivity index (χ2v) is 7.78. The standard InChI is InChI=1S/C22H28N6O/c1-5-7-22(29)28-12-16(13-28)17-8-15(6-2)20(11-23-17)27(4)21-9-19-18(10-24-21)25-14-26(19)3/h8-11,14,16H,5-7,12-13H2,1-4H3. The van der Waals surface area contributed by atoms with E-state index in [2.05, 4.69) is 33.9 Å². The Morgan fingerprint density at radius 3 is 2.69 bits per heavy atom. The molecule has 0 atom stereocenters. The van der Waals surface area contributed by atoms with Crippen molar-refractivity contribution in [1.29, 1.82) is 0 Å². The first-order chi connectivity index (χ1) is 14.0. The molecule has 7 heteroatoms. The van der Waals surface area contributed by atoms with Gasteiger partial charge in [-0.2, -0.15) is 0 Å². The Kier molecular flexibility index (Phi) is 5.22. The zero-order chi connectivity index (χ0) is 20.5. The van der Waals surface area contributed by atoms with Crippen molar-refractivity contribution in [1.82, 2.24) is 24.4 Å². The van der Waals surface area contributed by atoms with Gasteiger partial charge < -0.3 is 14.4 Å². The summed E-state index contributed by atoms with van der Waals surface area (Å²) in [7, 11) is 4.01. The summed E-state index contributed by atoms with van der Waals surface area (Å²) in [6.07, 6.45) is 8.01. The quantitative estimate of drug-likeness (QED) is 0.643. The van der Waals surface area contributed by atoms with Crippen molar-refractivity contribution in [3.8, 4) is 0 Å². The van der Waals surface area contributed by atoms with E-state index in [0.29, 0.717) is 12.3 Å². The highest BCUT2D eigenvalue weighted by Crippen LogP contribution is 2.32. The normalized spacial score (nSPS) is 14.3. The Morgan fingerprint density at radius 1 is 1.17 bits per heavy atom. The SMILES string of the molecule is CCCC(=O)N1CC(c2cc(CC)c(N(C)c3cc4c(cn3)ncn4C)cn2)C1. The number of hydrogen-bond donors (Lipinski definition) is 0. The average Bonchev–Trinajstić information content (AvgIpc) is 3.06. The maximum absolute atomic E-state index is 12.0. The molecule has 1 aliphatic rings. The van der Waals surface area contributed by atoms with E-state index >= 15 is 0 Å². The summed E-state index contributed by atoms with van der Waals surface area (Å²) in [6, 6.07) is 4.25. The molecule has 1 amide bonds. The van der Waals surface area contributed by atoms with E-state index < -0.39 is 0 Å². The van der Waals surface area contributed by atoms with Crippen molar-refractivity contribution in [2.75, 3.05) is 25.0 Å². The molecular formula is C22H28N6O. The molecule has 1 saturated heterocycles. The molecule has 0 aromatic carbocycles. The maximum Gasteiger partial charge on any atom is 0.222 e. The van der Waals surface area contributed by atoms with Gasteiger partial charge in [0, 0.05) is 51.3 Å². The van der Waals surface area contributed by atoms with Crippen molar-refractivity contribution >= 4 is 28.4 Å². The molecule has 3 aromatic heterocycles. The molecular weight excluding hydrogens is 364 g/mol. The predicted molar refractivity (Wildman–Crippen MR) is 114 cm³/mol. The third-order valence-electron chi connectivity index (χ3n) is 5.79. The van der Waals surface area contributed by atoms with E-state index in [0.717, 1.165) is 54.2 Å². The van der Waals surface area contributed by atoms with Gasteiger partial charge in [0.25, 0.3) is 0 Å². The summed E-state index contributed by atoms with van der Waals surface area (Å²) < 4.78 is 2.00. The van der Waals surface area contributed by atoms with Crippen LogP contribution in [0.25, 0.3) is 11.0 Å². The zero-order valence-electron chi connectivity index (χ0n) is 17.6. The Hall–Kier alpha value is -2.96. The lowest BCUT2D eigenvalue weighted by molar-refractivity contribution is -0.135. The van der Waals surface area contributed by atoms with Gasteiger partial charge in [-0.15, -0.1) is 0 Å². The minimum Gasteiger partial charge on any atom is -0.341 e. The lowest BCUT2D eigenvalue weighted by atomic mass is 9.93. The topological polar surface area (TPSA) is 67.2 Å². The van der Waals surface area contributed by atoms with Gasteiger partial charge >= 0.3 is 0 Å². The van der Waals surface area contributed by atoms with E-state index in [1.54, 1.807) is 6.33 Å². The number of hydrogen-bond acceptors (Lipinski definition) is 5. The molecule has 7 nitrogen and oxygen atoms in total. The summed E-state index contributed by atoms with van der Waals surface area (Å²) in [5.74, 6) is 1.46. The Labute approximate surface area is 171 Å². The smallest absolute Gasteiger partial charge is 0.222 e. The van der Waals surface area contributed by atoms with Gasteiger partial charge in [-0.25, -0.2) is 9.97 Å². The molecule has 1 aliphatic heterocycles. The van der Waals surface area contributed by atoms with E-state index in [4.69, 9.17) is 4.98 Å². The van der Waals surface area contributed by atoms with Crippen molar-refractivity contribution in [2.45, 2.75) is 39.0 Å². The first-order valence-electron chi connectivity index (χ1n) is 10.3. The number of anilines is 2. The second kappa shape index (κ2) is 7.81. The molecule has 3 aromatic rings. The first kappa shape index (κ1) is 19.4.